The molecule has 4 nitrogen and oxygen atoms in total. The van der Waals surface area contributed by atoms with E-state index < -0.39 is 0 Å². The molecule has 0 unspecified atom stereocenters. The molecule has 1 heterocycles. The molecule has 0 aliphatic rings. The molecule has 2 aromatic carbocycles. The summed E-state index contributed by atoms with van der Waals surface area (Å²) in [5, 5.41) is 11.7. The second kappa shape index (κ2) is 4.97. The van der Waals surface area contributed by atoms with E-state index in [1.807, 2.05) is 30.3 Å². The van der Waals surface area contributed by atoms with Crippen LogP contribution in [0, 0.1) is 5.82 Å². The van der Waals surface area contributed by atoms with Crippen molar-refractivity contribution in [2.75, 3.05) is 0 Å². The van der Waals surface area contributed by atoms with Crippen LogP contribution in [0.1, 0.15) is 5.56 Å². The third kappa shape index (κ3) is 2.49. The van der Waals surface area contributed by atoms with Crippen LogP contribution in [0.5, 0.6) is 0 Å². The number of aromatic nitrogens is 4. The quantitative estimate of drug-likeness (QED) is 0.721. The Hall–Kier alpha value is -2.56. The highest BCUT2D eigenvalue weighted by atomic mass is 19.1. The van der Waals surface area contributed by atoms with Gasteiger partial charge < -0.3 is 0 Å². The number of hydrogen-bond donors (Lipinski definition) is 0. The van der Waals surface area contributed by atoms with E-state index in [4.69, 9.17) is 0 Å². The molecule has 0 spiro atoms. The van der Waals surface area contributed by atoms with Gasteiger partial charge in [0.05, 0.1) is 6.54 Å². The van der Waals surface area contributed by atoms with Crippen molar-refractivity contribution in [1.82, 2.24) is 20.2 Å². The first-order chi connectivity index (χ1) is 9.33. The molecular weight excluding hydrogens is 243 g/mol. The third-order valence-corrected chi connectivity index (χ3v) is 2.81. The molecule has 3 rings (SSSR count). The van der Waals surface area contributed by atoms with Crippen LogP contribution in [0.3, 0.4) is 0 Å². The Labute approximate surface area is 109 Å². The fourth-order valence-corrected chi connectivity index (χ4v) is 1.87. The lowest BCUT2D eigenvalue weighted by molar-refractivity contribution is 0.627. The van der Waals surface area contributed by atoms with Gasteiger partial charge in [-0.25, -0.2) is 9.07 Å². The standard InChI is InChI=1S/C14H11FN4/c15-13-8-6-12(7-9-13)14-16-17-18-19(14)10-11-4-2-1-3-5-11/h1-9H,10H2. The Morgan fingerprint density at radius 2 is 1.68 bits per heavy atom. The normalized spacial score (nSPS) is 10.6. The van der Waals surface area contributed by atoms with Gasteiger partial charge in [-0.15, -0.1) is 5.10 Å². The topological polar surface area (TPSA) is 43.6 Å². The van der Waals surface area contributed by atoms with Crippen LogP contribution in [0.25, 0.3) is 11.4 Å². The van der Waals surface area contributed by atoms with E-state index in [0.29, 0.717) is 12.4 Å². The lowest BCUT2D eigenvalue weighted by atomic mass is 10.2. The Balaban J connectivity index is 1.92. The average molecular weight is 254 g/mol. The summed E-state index contributed by atoms with van der Waals surface area (Å²) in [6.45, 7) is 0.584. The zero-order valence-corrected chi connectivity index (χ0v) is 10.1. The molecule has 0 saturated carbocycles. The van der Waals surface area contributed by atoms with Gasteiger partial charge in [-0.1, -0.05) is 30.3 Å². The van der Waals surface area contributed by atoms with Crippen LogP contribution in [0.2, 0.25) is 0 Å². The molecular formula is C14H11FN4. The molecule has 5 heteroatoms. The van der Waals surface area contributed by atoms with Gasteiger partial charge in [0.15, 0.2) is 5.82 Å². The molecule has 1 aromatic heterocycles. The van der Waals surface area contributed by atoms with Crippen LogP contribution in [-0.2, 0) is 6.54 Å². The number of halogens is 1. The van der Waals surface area contributed by atoms with Gasteiger partial charge in [-0.05, 0) is 40.3 Å². The van der Waals surface area contributed by atoms with Crippen LogP contribution < -0.4 is 0 Å². The lowest BCUT2D eigenvalue weighted by Crippen LogP contribution is -2.04. The molecule has 0 saturated heterocycles. The molecule has 0 radical (unpaired) electrons. The molecule has 3 aromatic rings. The van der Waals surface area contributed by atoms with Gasteiger partial charge in [0.2, 0.25) is 0 Å². The van der Waals surface area contributed by atoms with Gasteiger partial charge in [0.25, 0.3) is 0 Å². The van der Waals surface area contributed by atoms with Gasteiger partial charge in [-0.2, -0.15) is 0 Å². The van der Waals surface area contributed by atoms with Crippen molar-refractivity contribution < 1.29 is 4.39 Å². The van der Waals surface area contributed by atoms with E-state index in [9.17, 15) is 4.39 Å². The molecule has 0 atom stereocenters. The predicted molar refractivity (Wildman–Crippen MR) is 68.8 cm³/mol. The maximum atomic E-state index is 12.9. The zero-order valence-electron chi connectivity index (χ0n) is 10.1. The molecule has 0 bridgehead atoms. The van der Waals surface area contributed by atoms with Gasteiger partial charge in [0, 0.05) is 5.56 Å². The fourth-order valence-electron chi connectivity index (χ4n) is 1.87. The maximum absolute atomic E-state index is 12.9. The van der Waals surface area contributed by atoms with Crippen LogP contribution in [0.15, 0.2) is 54.6 Å². The van der Waals surface area contributed by atoms with Crippen molar-refractivity contribution in [1.29, 1.82) is 0 Å². The Morgan fingerprint density at radius 3 is 2.42 bits per heavy atom. The van der Waals surface area contributed by atoms with Gasteiger partial charge in [0.1, 0.15) is 5.82 Å². The molecule has 19 heavy (non-hydrogen) atoms. The van der Waals surface area contributed by atoms with Gasteiger partial charge in [-0.3, -0.25) is 0 Å². The number of nitrogens with zero attached hydrogens (tertiary/aromatic N) is 4. The summed E-state index contributed by atoms with van der Waals surface area (Å²) in [6, 6.07) is 16.1. The molecule has 0 N–H and O–H groups in total. The lowest BCUT2D eigenvalue weighted by Gasteiger charge is -2.04. The van der Waals surface area contributed by atoms with Crippen molar-refractivity contribution >= 4 is 0 Å². The van der Waals surface area contributed by atoms with E-state index in [1.165, 1.54) is 12.1 Å². The predicted octanol–water partition coefficient (Wildman–Crippen LogP) is 2.53. The van der Waals surface area contributed by atoms with Crippen molar-refractivity contribution in [3.8, 4) is 11.4 Å². The summed E-state index contributed by atoms with van der Waals surface area (Å²) in [6.07, 6.45) is 0. The summed E-state index contributed by atoms with van der Waals surface area (Å²) in [5.41, 5.74) is 1.90. The molecule has 0 aliphatic heterocycles. The highest BCUT2D eigenvalue weighted by Gasteiger charge is 2.09. The zero-order chi connectivity index (χ0) is 13.1. The van der Waals surface area contributed by atoms with E-state index >= 15 is 0 Å². The molecule has 94 valence electrons. The monoisotopic (exact) mass is 254 g/mol. The highest BCUT2D eigenvalue weighted by Crippen LogP contribution is 2.17. The van der Waals surface area contributed by atoms with Crippen LogP contribution in [-0.4, -0.2) is 20.2 Å². The van der Waals surface area contributed by atoms with E-state index in [0.717, 1.165) is 11.1 Å². The first-order valence-corrected chi connectivity index (χ1v) is 5.89. The van der Waals surface area contributed by atoms with Crippen molar-refractivity contribution in [2.45, 2.75) is 6.54 Å². The Kier molecular flexibility index (Phi) is 3.02. The largest absolute Gasteiger partial charge is 0.221 e. The first kappa shape index (κ1) is 11.5. The Morgan fingerprint density at radius 1 is 0.947 bits per heavy atom. The SMILES string of the molecule is Fc1ccc(-c2nnnn2Cc2ccccc2)cc1. The van der Waals surface area contributed by atoms with Crippen LogP contribution in [0.4, 0.5) is 4.39 Å². The number of rotatable bonds is 3. The van der Waals surface area contributed by atoms with Gasteiger partial charge >= 0.3 is 0 Å². The van der Waals surface area contributed by atoms with Crippen molar-refractivity contribution in [3.05, 3.63) is 66.0 Å². The average Bonchev–Trinajstić information content (AvgIpc) is 2.89. The van der Waals surface area contributed by atoms with Crippen molar-refractivity contribution in [3.63, 3.8) is 0 Å². The highest BCUT2D eigenvalue weighted by molar-refractivity contribution is 5.54. The Bertz CT molecular complexity index is 661. The van der Waals surface area contributed by atoms with E-state index in [2.05, 4.69) is 15.5 Å². The summed E-state index contributed by atoms with van der Waals surface area (Å²) in [4.78, 5) is 0. The van der Waals surface area contributed by atoms with E-state index in [-0.39, 0.29) is 5.82 Å². The second-order valence-corrected chi connectivity index (χ2v) is 4.15. The number of benzene rings is 2. The first-order valence-electron chi connectivity index (χ1n) is 5.89. The van der Waals surface area contributed by atoms with E-state index in [1.54, 1.807) is 16.8 Å². The maximum Gasteiger partial charge on any atom is 0.182 e. The summed E-state index contributed by atoms with van der Waals surface area (Å²) >= 11 is 0. The minimum absolute atomic E-state index is 0.272. The minimum atomic E-state index is -0.272. The molecule has 0 aliphatic carbocycles. The number of hydrogen-bond acceptors (Lipinski definition) is 3. The summed E-state index contributed by atoms with van der Waals surface area (Å²) in [5.74, 6) is 0.356. The number of tetrazole rings is 1. The second-order valence-electron chi connectivity index (χ2n) is 4.15. The van der Waals surface area contributed by atoms with Crippen LogP contribution >= 0.6 is 0 Å². The fraction of sp³-hybridized carbons (Fsp3) is 0.0714. The molecule has 0 fully saturated rings. The smallest absolute Gasteiger partial charge is 0.182 e. The third-order valence-electron chi connectivity index (χ3n) is 2.81. The molecule has 0 amide bonds. The minimum Gasteiger partial charge on any atom is -0.221 e. The summed E-state index contributed by atoms with van der Waals surface area (Å²) < 4.78 is 14.6. The van der Waals surface area contributed by atoms with Crippen molar-refractivity contribution in [2.24, 2.45) is 0 Å². The summed E-state index contributed by atoms with van der Waals surface area (Å²) in [7, 11) is 0.